The van der Waals surface area contributed by atoms with Gasteiger partial charge in [0.2, 0.25) is 0 Å². The molecule has 0 radical (unpaired) electrons. The van der Waals surface area contributed by atoms with Crippen molar-refractivity contribution in [3.63, 3.8) is 0 Å². The zero-order valence-corrected chi connectivity index (χ0v) is 21.0. The molecule has 1 aliphatic rings. The molecule has 198 valence electrons. The van der Waals surface area contributed by atoms with Gasteiger partial charge < -0.3 is 25.0 Å². The van der Waals surface area contributed by atoms with E-state index in [1.165, 1.54) is 12.1 Å². The Hall–Kier alpha value is -4.10. The van der Waals surface area contributed by atoms with Crippen LogP contribution in [0.2, 0.25) is 0 Å². The number of anilines is 3. The van der Waals surface area contributed by atoms with E-state index in [-0.39, 0.29) is 46.9 Å². The van der Waals surface area contributed by atoms with Crippen molar-refractivity contribution in [1.29, 1.82) is 0 Å². The predicted octanol–water partition coefficient (Wildman–Crippen LogP) is 5.63. The summed E-state index contributed by atoms with van der Waals surface area (Å²) in [5.41, 5.74) is 7.63. The fraction of sp³-hybridized carbons (Fsp3) is 0.240. The fourth-order valence-corrected chi connectivity index (χ4v) is 4.45. The first-order valence-corrected chi connectivity index (χ1v) is 12.4. The molecule has 1 amide bonds. The lowest BCUT2D eigenvalue weighted by Gasteiger charge is -2.18. The predicted molar refractivity (Wildman–Crippen MR) is 138 cm³/mol. The lowest BCUT2D eigenvalue weighted by Crippen LogP contribution is -2.13. The standard InChI is InChI=1S/C25H24F2N6O4S/c1-13(14-2-5-17(26)6-3-14)36-20-10-15(4-7-18(20)33-38-27)23-22(24(28)34)25(31-30-23)29-21-11-19(37-32-21)16-8-9-35-12-16/h2-7,10-11,13,16,33H,8-9,12H2,1H3,(H2,28,34)(H2,29,30,31,32)/t13-,16?/m0/s1. The monoisotopic (exact) mass is 542 g/mol. The summed E-state index contributed by atoms with van der Waals surface area (Å²) in [4.78, 5) is 12.5. The fourth-order valence-electron chi connectivity index (χ4n) is 4.19. The second-order valence-corrected chi connectivity index (χ2v) is 9.05. The van der Waals surface area contributed by atoms with E-state index in [0.29, 0.717) is 36.0 Å². The van der Waals surface area contributed by atoms with Gasteiger partial charge >= 0.3 is 0 Å². The smallest absolute Gasteiger partial charge is 0.254 e. The summed E-state index contributed by atoms with van der Waals surface area (Å²) < 4.78 is 45.8. The van der Waals surface area contributed by atoms with Crippen LogP contribution in [0.15, 0.2) is 53.1 Å². The van der Waals surface area contributed by atoms with Crippen molar-refractivity contribution in [2.45, 2.75) is 25.4 Å². The number of carbonyl (C=O) groups excluding carboxylic acids is 1. The van der Waals surface area contributed by atoms with Crippen molar-refractivity contribution >= 4 is 35.6 Å². The molecule has 2 atom stereocenters. The molecule has 1 fully saturated rings. The lowest BCUT2D eigenvalue weighted by atomic mass is 10.1. The van der Waals surface area contributed by atoms with Gasteiger partial charge in [-0.15, -0.1) is 3.89 Å². The molecular formula is C25H24F2N6O4S. The van der Waals surface area contributed by atoms with Crippen LogP contribution in [0.5, 0.6) is 5.75 Å². The number of nitrogens with zero attached hydrogens (tertiary/aromatic N) is 2. The first-order chi connectivity index (χ1) is 18.4. The maximum atomic E-state index is 13.3. The Morgan fingerprint density at radius 2 is 2.08 bits per heavy atom. The highest BCUT2D eigenvalue weighted by Crippen LogP contribution is 2.37. The number of aromatic amines is 1. The maximum Gasteiger partial charge on any atom is 0.254 e. The van der Waals surface area contributed by atoms with Gasteiger partial charge in [-0.3, -0.25) is 14.6 Å². The van der Waals surface area contributed by atoms with E-state index in [2.05, 4.69) is 25.4 Å². The first kappa shape index (κ1) is 25.5. The number of nitrogens with two attached hydrogens (primary N) is 1. The average molecular weight is 543 g/mol. The zero-order valence-electron chi connectivity index (χ0n) is 20.2. The van der Waals surface area contributed by atoms with E-state index in [1.807, 2.05) is 0 Å². The van der Waals surface area contributed by atoms with Gasteiger partial charge in [0.15, 0.2) is 18.2 Å². The Morgan fingerprint density at radius 1 is 1.26 bits per heavy atom. The molecular weight excluding hydrogens is 518 g/mol. The Balaban J connectivity index is 1.43. The molecule has 2 aromatic heterocycles. The number of hydrogen-bond donors (Lipinski definition) is 4. The molecule has 0 bridgehead atoms. The van der Waals surface area contributed by atoms with Crippen molar-refractivity contribution < 1.29 is 27.1 Å². The van der Waals surface area contributed by atoms with Crippen molar-refractivity contribution in [3.8, 4) is 17.0 Å². The highest BCUT2D eigenvalue weighted by molar-refractivity contribution is 7.95. The summed E-state index contributed by atoms with van der Waals surface area (Å²) in [6.45, 7) is 3.00. The summed E-state index contributed by atoms with van der Waals surface area (Å²) in [6.07, 6.45) is 0.348. The van der Waals surface area contributed by atoms with Crippen LogP contribution in [0.3, 0.4) is 0 Å². The molecule has 0 spiro atoms. The quantitative estimate of drug-likeness (QED) is 0.188. The van der Waals surface area contributed by atoms with Gasteiger partial charge in [-0.25, -0.2) is 4.39 Å². The molecule has 38 heavy (non-hydrogen) atoms. The van der Waals surface area contributed by atoms with Gasteiger partial charge in [-0.1, -0.05) is 23.4 Å². The average Bonchev–Trinajstić information content (AvgIpc) is 3.67. The Labute approximate surface area is 220 Å². The van der Waals surface area contributed by atoms with Crippen LogP contribution in [-0.2, 0) is 4.74 Å². The number of benzene rings is 2. The topological polar surface area (TPSA) is 140 Å². The molecule has 5 rings (SSSR count). The molecule has 0 saturated carbocycles. The van der Waals surface area contributed by atoms with Crippen LogP contribution in [0.25, 0.3) is 11.3 Å². The minimum absolute atomic E-state index is 0.0894. The number of nitrogens with one attached hydrogen (secondary N) is 3. The summed E-state index contributed by atoms with van der Waals surface area (Å²) >= 11 is -0.0894. The molecule has 13 heteroatoms. The molecule has 1 aliphatic heterocycles. The number of ether oxygens (including phenoxy) is 2. The SMILES string of the molecule is C[C@H](Oc1cc(-c2n[nH]c(Nc3cc(C4CCOC4)on3)c2C(N)=O)ccc1NSF)c1ccc(F)cc1. The van der Waals surface area contributed by atoms with Crippen LogP contribution < -0.4 is 20.5 Å². The molecule has 5 N–H and O–H groups in total. The molecule has 10 nitrogen and oxygen atoms in total. The number of H-pyrrole nitrogens is 1. The number of halogens is 2. The van der Waals surface area contributed by atoms with Gasteiger partial charge in [-0.05, 0) is 43.2 Å². The summed E-state index contributed by atoms with van der Waals surface area (Å²) in [6, 6.07) is 12.5. The summed E-state index contributed by atoms with van der Waals surface area (Å²) in [7, 11) is 0. The first-order valence-electron chi connectivity index (χ1n) is 11.7. The second-order valence-electron chi connectivity index (χ2n) is 8.69. The molecule has 2 aromatic carbocycles. The van der Waals surface area contributed by atoms with Crippen LogP contribution >= 0.6 is 12.3 Å². The number of primary amides is 1. The minimum atomic E-state index is -0.729. The maximum absolute atomic E-state index is 13.3. The summed E-state index contributed by atoms with van der Waals surface area (Å²) in [5.74, 6) is 0.605. The Bertz CT molecular complexity index is 1420. The highest BCUT2D eigenvalue weighted by atomic mass is 32.2. The number of rotatable bonds is 10. The van der Waals surface area contributed by atoms with E-state index in [9.17, 15) is 13.1 Å². The molecule has 0 aliphatic carbocycles. The largest absolute Gasteiger partial charge is 0.484 e. The lowest BCUT2D eigenvalue weighted by molar-refractivity contribution is 0.100. The van der Waals surface area contributed by atoms with E-state index in [1.54, 1.807) is 43.3 Å². The normalized spacial score (nSPS) is 15.8. The van der Waals surface area contributed by atoms with E-state index < -0.39 is 12.0 Å². The number of amides is 1. The van der Waals surface area contributed by atoms with Gasteiger partial charge in [0.1, 0.15) is 40.5 Å². The van der Waals surface area contributed by atoms with Gasteiger partial charge in [-0.2, -0.15) is 5.10 Å². The third-order valence-electron chi connectivity index (χ3n) is 6.17. The van der Waals surface area contributed by atoms with Crippen molar-refractivity contribution in [1.82, 2.24) is 15.4 Å². The van der Waals surface area contributed by atoms with E-state index in [0.717, 1.165) is 12.0 Å². The van der Waals surface area contributed by atoms with Crippen LogP contribution in [0, 0.1) is 5.82 Å². The second kappa shape index (κ2) is 11.1. The minimum Gasteiger partial charge on any atom is -0.484 e. The van der Waals surface area contributed by atoms with Crippen molar-refractivity contribution in [2.24, 2.45) is 5.73 Å². The van der Waals surface area contributed by atoms with Crippen LogP contribution in [0.1, 0.15) is 47.0 Å². The third-order valence-corrected chi connectivity index (χ3v) is 6.47. The number of hydrogen-bond acceptors (Lipinski definition) is 9. The number of aromatic nitrogens is 3. The van der Waals surface area contributed by atoms with E-state index >= 15 is 0 Å². The molecule has 3 heterocycles. The number of carbonyl (C=O) groups is 1. The van der Waals surface area contributed by atoms with Crippen LogP contribution in [-0.4, -0.2) is 34.5 Å². The third kappa shape index (κ3) is 5.43. The van der Waals surface area contributed by atoms with Crippen LogP contribution in [0.4, 0.5) is 25.6 Å². The zero-order chi connectivity index (χ0) is 26.6. The summed E-state index contributed by atoms with van der Waals surface area (Å²) in [5, 5.41) is 14.1. The van der Waals surface area contributed by atoms with Crippen molar-refractivity contribution in [2.75, 3.05) is 23.3 Å². The van der Waals surface area contributed by atoms with Gasteiger partial charge in [0, 0.05) is 24.2 Å². The van der Waals surface area contributed by atoms with Gasteiger partial charge in [0.25, 0.3) is 5.91 Å². The molecule has 1 unspecified atom stereocenters. The molecule has 1 saturated heterocycles. The Morgan fingerprint density at radius 3 is 2.79 bits per heavy atom. The molecule has 4 aromatic rings. The van der Waals surface area contributed by atoms with E-state index in [4.69, 9.17) is 19.7 Å². The Kier molecular flexibility index (Phi) is 7.47. The van der Waals surface area contributed by atoms with Crippen molar-refractivity contribution in [3.05, 3.63) is 71.2 Å². The van der Waals surface area contributed by atoms with Gasteiger partial charge in [0.05, 0.1) is 12.3 Å². The highest BCUT2D eigenvalue weighted by Gasteiger charge is 2.25.